The first-order valence-electron chi connectivity index (χ1n) is 14.0. The van der Waals surface area contributed by atoms with Crippen LogP contribution in [0.1, 0.15) is 68.5 Å². The second kappa shape index (κ2) is 10.1. The van der Waals surface area contributed by atoms with E-state index in [1.54, 1.807) is 22.1 Å². The van der Waals surface area contributed by atoms with Gasteiger partial charge in [0.2, 0.25) is 5.95 Å². The number of aliphatic imine (C=N–C) groups is 1. The summed E-state index contributed by atoms with van der Waals surface area (Å²) < 4.78 is 29.5. The van der Waals surface area contributed by atoms with Crippen LogP contribution >= 0.6 is 0 Å². The van der Waals surface area contributed by atoms with Gasteiger partial charge in [-0.15, -0.1) is 0 Å². The molecule has 40 heavy (non-hydrogen) atoms. The molecule has 1 N–H and O–H groups in total. The van der Waals surface area contributed by atoms with E-state index in [4.69, 9.17) is 18.0 Å². The van der Waals surface area contributed by atoms with Crippen molar-refractivity contribution >= 4 is 40.3 Å². The molecule has 2 fully saturated rings. The lowest BCUT2D eigenvalue weighted by Crippen LogP contribution is -2.66. The average molecular weight is 593 g/mol. The largest absolute Gasteiger partial charge is 0.407 e. The van der Waals surface area contributed by atoms with Crippen LogP contribution in [0.5, 0.6) is 0 Å². The molecule has 4 heterocycles. The number of H-pyrrole nitrogens is 1. The molecule has 2 aliphatic rings. The van der Waals surface area contributed by atoms with Crippen LogP contribution in [0.4, 0.5) is 5.95 Å². The number of nitrogens with zero attached hydrogens (tertiary/aromatic N) is 5. The Morgan fingerprint density at radius 1 is 1.15 bits per heavy atom. The van der Waals surface area contributed by atoms with E-state index in [-0.39, 0.29) is 44.3 Å². The van der Waals surface area contributed by atoms with E-state index in [9.17, 15) is 4.79 Å². The standard InChI is InChI=1S/C27H48N6O5Si2/c1-25(2,3)39(12,13)37-20-19-17(14-35-40(38-19,26(4,5)6)27(7,8)9)36-23(20)33-16-28-18-21(33)30-24(31-22(18)34)29-15-32(10)11/h15-17,19-20,23H,14H2,1-13H3,(H,30,31,34). The van der Waals surface area contributed by atoms with Crippen molar-refractivity contribution in [3.63, 3.8) is 0 Å². The maximum Gasteiger partial charge on any atom is 0.349 e. The number of aromatic nitrogens is 4. The van der Waals surface area contributed by atoms with E-state index < -0.39 is 29.2 Å². The van der Waals surface area contributed by atoms with Crippen molar-refractivity contribution in [3.8, 4) is 0 Å². The van der Waals surface area contributed by atoms with Crippen molar-refractivity contribution in [1.82, 2.24) is 24.4 Å². The van der Waals surface area contributed by atoms with Crippen LogP contribution in [0.25, 0.3) is 11.2 Å². The highest BCUT2D eigenvalue weighted by molar-refractivity contribution is 6.74. The molecule has 13 heteroatoms. The molecule has 2 aromatic rings. The van der Waals surface area contributed by atoms with E-state index in [1.165, 1.54) is 0 Å². The summed E-state index contributed by atoms with van der Waals surface area (Å²) in [6.45, 7) is 24.8. The van der Waals surface area contributed by atoms with Crippen molar-refractivity contribution in [1.29, 1.82) is 0 Å². The number of hydrogen-bond donors (Lipinski definition) is 1. The number of imidazole rings is 1. The van der Waals surface area contributed by atoms with Crippen LogP contribution in [-0.2, 0) is 18.0 Å². The predicted molar refractivity (Wildman–Crippen MR) is 162 cm³/mol. The Bertz CT molecular complexity index is 1300. The number of rotatable bonds is 5. The zero-order valence-electron chi connectivity index (χ0n) is 26.4. The molecule has 2 aromatic heterocycles. The molecule has 2 saturated heterocycles. The van der Waals surface area contributed by atoms with Crippen LogP contribution in [0.2, 0.25) is 28.2 Å². The molecule has 0 aromatic carbocycles. The Morgan fingerprint density at radius 2 is 1.77 bits per heavy atom. The van der Waals surface area contributed by atoms with Gasteiger partial charge in [0.25, 0.3) is 5.56 Å². The van der Waals surface area contributed by atoms with Crippen LogP contribution in [0.3, 0.4) is 0 Å². The van der Waals surface area contributed by atoms with Gasteiger partial charge in [0.1, 0.15) is 18.3 Å². The van der Waals surface area contributed by atoms with Crippen molar-refractivity contribution in [3.05, 3.63) is 16.7 Å². The zero-order chi connectivity index (χ0) is 30.1. The molecule has 0 spiro atoms. The molecule has 2 aliphatic heterocycles. The minimum absolute atomic E-state index is 0.0379. The third kappa shape index (κ3) is 5.36. The first kappa shape index (κ1) is 31.0. The molecule has 0 aliphatic carbocycles. The molecule has 4 unspecified atom stereocenters. The smallest absolute Gasteiger partial charge is 0.349 e. The van der Waals surface area contributed by atoms with Crippen molar-refractivity contribution in [2.24, 2.45) is 4.99 Å². The highest BCUT2D eigenvalue weighted by Gasteiger charge is 2.66. The highest BCUT2D eigenvalue weighted by Crippen LogP contribution is 2.56. The van der Waals surface area contributed by atoms with Gasteiger partial charge in [0.05, 0.1) is 19.3 Å². The van der Waals surface area contributed by atoms with E-state index in [0.717, 1.165) is 0 Å². The molecule has 4 rings (SSSR count). The lowest BCUT2D eigenvalue weighted by Gasteiger charge is -2.54. The van der Waals surface area contributed by atoms with Gasteiger partial charge in [-0.05, 0) is 18.1 Å². The third-order valence-electron chi connectivity index (χ3n) is 8.35. The summed E-state index contributed by atoms with van der Waals surface area (Å²) in [5.74, 6) is 0.191. The number of fused-ring (bicyclic) bond motifs is 2. The Labute approximate surface area is 240 Å². The molecule has 11 nitrogen and oxygen atoms in total. The summed E-state index contributed by atoms with van der Waals surface area (Å²) in [6, 6.07) is 0. The molecule has 4 atom stereocenters. The van der Waals surface area contributed by atoms with E-state index >= 15 is 0 Å². The lowest BCUT2D eigenvalue weighted by molar-refractivity contribution is -0.0795. The van der Waals surface area contributed by atoms with E-state index in [1.807, 2.05) is 14.1 Å². The quantitative estimate of drug-likeness (QED) is 0.290. The Hall–Kier alpha value is -1.91. The summed E-state index contributed by atoms with van der Waals surface area (Å²) in [7, 11) is -1.40. The molecular weight excluding hydrogens is 545 g/mol. The summed E-state index contributed by atoms with van der Waals surface area (Å²) in [6.07, 6.45) is 1.46. The number of hydrogen-bond acceptors (Lipinski definition) is 8. The monoisotopic (exact) mass is 592 g/mol. The fourth-order valence-corrected chi connectivity index (χ4v) is 11.8. The second-order valence-corrected chi connectivity index (χ2v) is 24.4. The summed E-state index contributed by atoms with van der Waals surface area (Å²) in [5, 5.41) is -0.415. The topological polar surface area (TPSA) is 116 Å². The van der Waals surface area contributed by atoms with Crippen LogP contribution in [0.15, 0.2) is 16.1 Å². The minimum Gasteiger partial charge on any atom is -0.407 e. The summed E-state index contributed by atoms with van der Waals surface area (Å²) in [5.41, 5.74) is 0.246. The number of ether oxygens (including phenoxy) is 1. The van der Waals surface area contributed by atoms with Crippen LogP contribution in [-0.4, -0.2) is 86.6 Å². The number of nitrogens with one attached hydrogen (secondary N) is 1. The highest BCUT2D eigenvalue weighted by atomic mass is 28.4. The van der Waals surface area contributed by atoms with Crippen LogP contribution in [0, 0.1) is 0 Å². The first-order valence-corrected chi connectivity index (χ1v) is 18.7. The number of aromatic amines is 1. The molecule has 224 valence electrons. The van der Waals surface area contributed by atoms with Crippen molar-refractivity contribution in [2.45, 2.75) is 115 Å². The van der Waals surface area contributed by atoms with Gasteiger partial charge in [-0.3, -0.25) is 14.3 Å². The van der Waals surface area contributed by atoms with E-state index in [2.05, 4.69) is 95.4 Å². The normalized spacial score (nSPS) is 26.0. The van der Waals surface area contributed by atoms with Gasteiger partial charge in [-0.1, -0.05) is 62.3 Å². The summed E-state index contributed by atoms with van der Waals surface area (Å²) >= 11 is 0. The van der Waals surface area contributed by atoms with E-state index in [0.29, 0.717) is 12.3 Å². The summed E-state index contributed by atoms with van der Waals surface area (Å²) in [4.78, 5) is 30.7. The van der Waals surface area contributed by atoms with Gasteiger partial charge in [0, 0.05) is 24.2 Å². The van der Waals surface area contributed by atoms with Crippen molar-refractivity contribution < 1.29 is 18.0 Å². The zero-order valence-corrected chi connectivity index (χ0v) is 28.4. The Balaban J connectivity index is 1.85. The predicted octanol–water partition coefficient (Wildman–Crippen LogP) is 5.09. The molecular formula is C27H48N6O5Si2. The average Bonchev–Trinajstić information content (AvgIpc) is 3.36. The van der Waals surface area contributed by atoms with Gasteiger partial charge in [-0.2, -0.15) is 4.98 Å². The fraction of sp³-hybridized carbons (Fsp3) is 0.778. The fourth-order valence-electron chi connectivity index (χ4n) is 5.52. The third-order valence-corrected chi connectivity index (χ3v) is 18.0. The Kier molecular flexibility index (Phi) is 7.85. The van der Waals surface area contributed by atoms with Gasteiger partial charge < -0.3 is 22.9 Å². The molecule has 0 saturated carbocycles. The van der Waals surface area contributed by atoms with Crippen LogP contribution < -0.4 is 5.56 Å². The molecule has 0 radical (unpaired) electrons. The van der Waals surface area contributed by atoms with Crippen molar-refractivity contribution in [2.75, 3.05) is 20.7 Å². The molecule has 0 bridgehead atoms. The Morgan fingerprint density at radius 3 is 2.33 bits per heavy atom. The van der Waals surface area contributed by atoms with Gasteiger partial charge in [0.15, 0.2) is 25.7 Å². The SMILES string of the molecule is CN(C)C=Nc1nc2c(ncn2C2OC3CO[Si](C(C)(C)C)(C(C)(C)C)OC3C2O[Si](C)(C)C(C)(C)C)c(=O)[nH]1. The maximum atomic E-state index is 12.9. The molecule has 0 amide bonds. The maximum absolute atomic E-state index is 12.9. The second-order valence-electron chi connectivity index (χ2n) is 14.8. The van der Waals surface area contributed by atoms with Gasteiger partial charge >= 0.3 is 8.56 Å². The van der Waals surface area contributed by atoms with Gasteiger partial charge in [-0.25, -0.2) is 9.98 Å². The minimum atomic E-state index is -2.81. The first-order chi connectivity index (χ1) is 18.2. The lowest BCUT2D eigenvalue weighted by atomic mass is 10.1.